The number of nitrogens with one attached hydrogen (secondary N) is 2. The van der Waals surface area contributed by atoms with Crippen LogP contribution in [0.25, 0.3) is 0 Å². The van der Waals surface area contributed by atoms with E-state index in [-0.39, 0.29) is 42.6 Å². The second-order valence-corrected chi connectivity index (χ2v) is 6.44. The molecule has 2 unspecified atom stereocenters. The molecule has 1 aliphatic heterocycles. The zero-order chi connectivity index (χ0) is 17.8. The number of piperidine rings is 1. The quantitative estimate of drug-likeness (QED) is 0.783. The van der Waals surface area contributed by atoms with Gasteiger partial charge in [0.15, 0.2) is 0 Å². The Kier molecular flexibility index (Phi) is 9.02. The fraction of sp³-hybridized carbons (Fsp3) is 0.444. The van der Waals surface area contributed by atoms with E-state index in [4.69, 9.17) is 0 Å². The highest BCUT2D eigenvalue weighted by Gasteiger charge is 2.26. The lowest BCUT2D eigenvalue weighted by Crippen LogP contribution is -2.50. The molecule has 9 heteroatoms. The van der Waals surface area contributed by atoms with Gasteiger partial charge in [-0.15, -0.1) is 24.8 Å². The lowest BCUT2D eigenvalue weighted by atomic mass is 10.0. The first-order valence-corrected chi connectivity index (χ1v) is 8.53. The number of aromatic nitrogens is 2. The number of hydrogen-bond donors (Lipinski definition) is 2. The summed E-state index contributed by atoms with van der Waals surface area (Å²) in [6, 6.07) is 6.20. The van der Waals surface area contributed by atoms with E-state index in [9.17, 15) is 9.18 Å². The number of carbonyl (C=O) groups is 1. The molecule has 1 saturated heterocycles. The van der Waals surface area contributed by atoms with E-state index in [1.807, 2.05) is 19.3 Å². The topological polar surface area (TPSA) is 62.2 Å². The summed E-state index contributed by atoms with van der Waals surface area (Å²) < 4.78 is 15.1. The van der Waals surface area contributed by atoms with Gasteiger partial charge in [0.05, 0.1) is 6.20 Å². The maximum absolute atomic E-state index is 13.5. The zero-order valence-electron chi connectivity index (χ0n) is 15.4. The molecule has 3 rings (SSSR count). The third-order valence-corrected chi connectivity index (χ3v) is 4.55. The number of hydrogen-bond acceptors (Lipinski definition) is 4. The van der Waals surface area contributed by atoms with E-state index in [1.54, 1.807) is 24.0 Å². The van der Waals surface area contributed by atoms with Gasteiger partial charge in [0.2, 0.25) is 5.91 Å². The average Bonchev–Trinajstić information content (AvgIpc) is 3.02. The number of nitrogens with zero attached hydrogens (tertiary/aromatic N) is 3. The van der Waals surface area contributed by atoms with Crippen LogP contribution in [0.4, 0.5) is 10.1 Å². The molecule has 2 heterocycles. The predicted octanol–water partition coefficient (Wildman–Crippen LogP) is 2.45. The molecule has 0 bridgehead atoms. The number of likely N-dealkylation sites (N-methyl/N-ethyl adjacent to an activating group) is 1. The van der Waals surface area contributed by atoms with Crippen molar-refractivity contribution < 1.29 is 9.18 Å². The van der Waals surface area contributed by atoms with Crippen LogP contribution in [0, 0.1) is 5.82 Å². The van der Waals surface area contributed by atoms with Crippen molar-refractivity contribution in [2.75, 3.05) is 25.0 Å². The summed E-state index contributed by atoms with van der Waals surface area (Å²) in [7, 11) is 3.59. The van der Waals surface area contributed by atoms with Gasteiger partial charge >= 0.3 is 0 Å². The number of benzene rings is 1. The molecule has 0 radical (unpaired) electrons. The molecule has 0 spiro atoms. The molecule has 2 atom stereocenters. The summed E-state index contributed by atoms with van der Waals surface area (Å²) in [5, 5.41) is 10.3. The van der Waals surface area contributed by atoms with Gasteiger partial charge in [0.1, 0.15) is 11.9 Å². The minimum absolute atomic E-state index is 0. The first-order valence-electron chi connectivity index (χ1n) is 8.53. The number of halogens is 3. The van der Waals surface area contributed by atoms with Crippen LogP contribution >= 0.6 is 24.8 Å². The number of rotatable bonds is 5. The third kappa shape index (κ3) is 5.82. The van der Waals surface area contributed by atoms with Crippen molar-refractivity contribution in [3.63, 3.8) is 0 Å². The second-order valence-electron chi connectivity index (χ2n) is 6.44. The monoisotopic (exact) mass is 417 g/mol. The SMILES string of the molecule is CNC(C(=O)NC1CCCN(c2cccc(F)c2)C1)c1cnn(C)c1.Cl.Cl. The summed E-state index contributed by atoms with van der Waals surface area (Å²) in [6.45, 7) is 1.55. The molecule has 27 heavy (non-hydrogen) atoms. The first kappa shape index (κ1) is 23.2. The van der Waals surface area contributed by atoms with Crippen LogP contribution in [0.3, 0.4) is 0 Å². The summed E-state index contributed by atoms with van der Waals surface area (Å²) in [6.07, 6.45) is 5.40. The maximum Gasteiger partial charge on any atom is 0.242 e. The summed E-state index contributed by atoms with van der Waals surface area (Å²) >= 11 is 0. The number of aryl methyl sites for hydroxylation is 1. The van der Waals surface area contributed by atoms with E-state index >= 15 is 0 Å². The van der Waals surface area contributed by atoms with Gasteiger partial charge in [0, 0.05) is 43.6 Å². The molecule has 0 aliphatic carbocycles. The molecule has 1 amide bonds. The lowest BCUT2D eigenvalue weighted by Gasteiger charge is -2.35. The maximum atomic E-state index is 13.5. The molecule has 0 saturated carbocycles. The highest BCUT2D eigenvalue weighted by molar-refractivity contribution is 5.85. The first-order chi connectivity index (χ1) is 12.1. The van der Waals surface area contributed by atoms with Crippen molar-refractivity contribution in [1.82, 2.24) is 20.4 Å². The van der Waals surface area contributed by atoms with Crippen LogP contribution < -0.4 is 15.5 Å². The summed E-state index contributed by atoms with van der Waals surface area (Å²) in [5.74, 6) is -0.308. The Balaban J connectivity index is 0.00000182. The van der Waals surface area contributed by atoms with E-state index in [0.717, 1.165) is 30.6 Å². The van der Waals surface area contributed by atoms with Crippen molar-refractivity contribution in [2.24, 2.45) is 7.05 Å². The van der Waals surface area contributed by atoms with Crippen molar-refractivity contribution in [1.29, 1.82) is 0 Å². The highest BCUT2D eigenvalue weighted by atomic mass is 35.5. The summed E-state index contributed by atoms with van der Waals surface area (Å²) in [5.41, 5.74) is 1.69. The molecule has 1 fully saturated rings. The number of anilines is 1. The Morgan fingerprint density at radius 3 is 2.78 bits per heavy atom. The van der Waals surface area contributed by atoms with Gasteiger partial charge in [-0.3, -0.25) is 9.48 Å². The van der Waals surface area contributed by atoms with Crippen molar-refractivity contribution >= 4 is 36.4 Å². The zero-order valence-corrected chi connectivity index (χ0v) is 17.0. The smallest absolute Gasteiger partial charge is 0.242 e. The molecule has 2 aromatic rings. The normalized spacial score (nSPS) is 17.4. The summed E-state index contributed by atoms with van der Waals surface area (Å²) in [4.78, 5) is 14.8. The van der Waals surface area contributed by atoms with Gasteiger partial charge < -0.3 is 15.5 Å². The Hall–Kier alpha value is -1.83. The van der Waals surface area contributed by atoms with Crippen molar-refractivity contribution in [3.8, 4) is 0 Å². The predicted molar refractivity (Wildman–Crippen MR) is 109 cm³/mol. The minimum Gasteiger partial charge on any atom is -0.369 e. The lowest BCUT2D eigenvalue weighted by molar-refractivity contribution is -0.123. The van der Waals surface area contributed by atoms with E-state index < -0.39 is 6.04 Å². The molecule has 2 N–H and O–H groups in total. The van der Waals surface area contributed by atoms with Crippen LogP contribution in [-0.2, 0) is 11.8 Å². The molecule has 1 aromatic carbocycles. The standard InChI is InChI=1S/C18H24FN5O.2ClH/c1-20-17(13-10-21-23(2)11-13)18(25)22-15-6-4-8-24(12-15)16-7-3-5-14(19)9-16;;/h3,5,7,9-11,15,17,20H,4,6,8,12H2,1-2H3,(H,22,25);2*1H. The Morgan fingerprint density at radius 2 is 2.15 bits per heavy atom. The fourth-order valence-electron chi connectivity index (χ4n) is 3.33. The highest BCUT2D eigenvalue weighted by Crippen LogP contribution is 2.21. The molecular formula is C18H26Cl2FN5O. The molecule has 1 aliphatic rings. The molecular weight excluding hydrogens is 392 g/mol. The van der Waals surface area contributed by atoms with Gasteiger partial charge in [-0.1, -0.05) is 6.07 Å². The number of amides is 1. The molecule has 150 valence electrons. The van der Waals surface area contributed by atoms with Crippen LogP contribution in [0.1, 0.15) is 24.4 Å². The van der Waals surface area contributed by atoms with E-state index in [2.05, 4.69) is 20.6 Å². The van der Waals surface area contributed by atoms with Crippen LogP contribution in [-0.4, -0.2) is 41.9 Å². The Morgan fingerprint density at radius 1 is 1.37 bits per heavy atom. The Labute approximate surface area is 171 Å². The molecule has 1 aromatic heterocycles. The van der Waals surface area contributed by atoms with Gasteiger partial charge in [-0.05, 0) is 38.1 Å². The van der Waals surface area contributed by atoms with Crippen LogP contribution in [0.15, 0.2) is 36.7 Å². The second kappa shape index (κ2) is 10.5. The van der Waals surface area contributed by atoms with Crippen LogP contribution in [0.5, 0.6) is 0 Å². The third-order valence-electron chi connectivity index (χ3n) is 4.55. The van der Waals surface area contributed by atoms with Gasteiger partial charge in [-0.25, -0.2) is 4.39 Å². The van der Waals surface area contributed by atoms with Crippen molar-refractivity contribution in [3.05, 3.63) is 48.0 Å². The largest absolute Gasteiger partial charge is 0.369 e. The van der Waals surface area contributed by atoms with Crippen molar-refractivity contribution in [2.45, 2.75) is 24.9 Å². The number of carbonyl (C=O) groups excluding carboxylic acids is 1. The van der Waals surface area contributed by atoms with Gasteiger partial charge in [-0.2, -0.15) is 5.10 Å². The average molecular weight is 418 g/mol. The van der Waals surface area contributed by atoms with E-state index in [1.165, 1.54) is 12.1 Å². The Bertz CT molecular complexity index is 742. The fourth-order valence-corrected chi connectivity index (χ4v) is 3.33. The van der Waals surface area contributed by atoms with E-state index in [0.29, 0.717) is 6.54 Å². The van der Waals surface area contributed by atoms with Gasteiger partial charge in [0.25, 0.3) is 0 Å². The molecule has 6 nitrogen and oxygen atoms in total. The minimum atomic E-state index is -0.432. The van der Waals surface area contributed by atoms with Crippen LogP contribution in [0.2, 0.25) is 0 Å².